The number of halogens is 1. The van der Waals surface area contributed by atoms with E-state index >= 15 is 0 Å². The number of anilines is 1. The van der Waals surface area contributed by atoms with Crippen LogP contribution in [0.1, 0.15) is 10.4 Å². The van der Waals surface area contributed by atoms with Crippen LogP contribution in [0.3, 0.4) is 0 Å². The molecule has 0 aliphatic carbocycles. The summed E-state index contributed by atoms with van der Waals surface area (Å²) in [5.41, 5.74) is 6.63. The molecule has 0 saturated carbocycles. The zero-order chi connectivity index (χ0) is 12.3. The Bertz CT molecular complexity index is 538. The standard InChI is InChI=1S/C13H10ClNO2/c14-10-1-6-13(9(7-10)8-16)17-12-4-2-11(15)3-5-12/h1-8H,15H2. The molecular formula is C13H10ClNO2. The van der Waals surface area contributed by atoms with Gasteiger partial charge in [0.25, 0.3) is 0 Å². The van der Waals surface area contributed by atoms with Gasteiger partial charge in [-0.2, -0.15) is 0 Å². The van der Waals surface area contributed by atoms with Crippen LogP contribution in [0.4, 0.5) is 5.69 Å². The van der Waals surface area contributed by atoms with Crippen LogP contribution >= 0.6 is 11.6 Å². The number of aldehydes is 1. The molecule has 0 saturated heterocycles. The summed E-state index contributed by atoms with van der Waals surface area (Å²) in [6, 6.07) is 11.8. The molecule has 0 fully saturated rings. The molecule has 2 N–H and O–H groups in total. The number of carbonyl (C=O) groups is 1. The molecule has 0 aliphatic rings. The fourth-order valence-electron chi connectivity index (χ4n) is 1.37. The van der Waals surface area contributed by atoms with Crippen molar-refractivity contribution in [1.29, 1.82) is 0 Å². The van der Waals surface area contributed by atoms with Gasteiger partial charge in [-0.25, -0.2) is 0 Å². The second kappa shape index (κ2) is 4.89. The van der Waals surface area contributed by atoms with Crippen LogP contribution in [-0.4, -0.2) is 6.29 Å². The molecule has 2 aromatic carbocycles. The summed E-state index contributed by atoms with van der Waals surface area (Å²) in [5, 5.41) is 0.497. The zero-order valence-electron chi connectivity index (χ0n) is 8.89. The third-order valence-electron chi connectivity index (χ3n) is 2.21. The quantitative estimate of drug-likeness (QED) is 0.667. The number of nitrogens with two attached hydrogens (primary N) is 1. The van der Waals surface area contributed by atoms with Gasteiger partial charge in [-0.1, -0.05) is 11.6 Å². The second-order valence-corrected chi connectivity index (χ2v) is 3.91. The highest BCUT2D eigenvalue weighted by atomic mass is 35.5. The predicted octanol–water partition coefficient (Wildman–Crippen LogP) is 3.53. The van der Waals surface area contributed by atoms with E-state index in [1.807, 2.05) is 0 Å². The van der Waals surface area contributed by atoms with Crippen LogP contribution in [0.5, 0.6) is 11.5 Å². The molecule has 17 heavy (non-hydrogen) atoms. The number of nitrogen functional groups attached to an aromatic ring is 1. The van der Waals surface area contributed by atoms with E-state index in [-0.39, 0.29) is 0 Å². The van der Waals surface area contributed by atoms with E-state index in [4.69, 9.17) is 22.1 Å². The summed E-state index contributed by atoms with van der Waals surface area (Å²) < 4.78 is 5.56. The minimum Gasteiger partial charge on any atom is -0.457 e. The molecule has 3 nitrogen and oxygen atoms in total. The first-order valence-electron chi connectivity index (χ1n) is 4.97. The Morgan fingerprint density at radius 1 is 1.12 bits per heavy atom. The summed E-state index contributed by atoms with van der Waals surface area (Å²) in [5.74, 6) is 1.08. The first kappa shape index (κ1) is 11.5. The number of rotatable bonds is 3. The van der Waals surface area contributed by atoms with Gasteiger partial charge in [0.1, 0.15) is 11.5 Å². The number of ether oxygens (including phenoxy) is 1. The number of carbonyl (C=O) groups excluding carboxylic acids is 1. The molecule has 0 unspecified atom stereocenters. The van der Waals surface area contributed by atoms with E-state index in [0.717, 1.165) is 0 Å². The Morgan fingerprint density at radius 2 is 1.82 bits per heavy atom. The smallest absolute Gasteiger partial charge is 0.153 e. The third kappa shape index (κ3) is 2.77. The lowest BCUT2D eigenvalue weighted by atomic mass is 10.2. The molecule has 0 spiro atoms. The first-order valence-corrected chi connectivity index (χ1v) is 5.35. The van der Waals surface area contributed by atoms with Crippen LogP contribution < -0.4 is 10.5 Å². The maximum Gasteiger partial charge on any atom is 0.153 e. The molecule has 0 bridgehead atoms. The van der Waals surface area contributed by atoms with Gasteiger partial charge in [0, 0.05) is 10.7 Å². The first-order chi connectivity index (χ1) is 8.19. The van der Waals surface area contributed by atoms with Gasteiger partial charge in [-0.05, 0) is 42.5 Å². The maximum absolute atomic E-state index is 10.9. The van der Waals surface area contributed by atoms with Crippen LogP contribution in [0, 0.1) is 0 Å². The van der Waals surface area contributed by atoms with Gasteiger partial charge in [0.15, 0.2) is 6.29 Å². The molecule has 0 aromatic heterocycles. The molecule has 0 atom stereocenters. The van der Waals surface area contributed by atoms with Crippen LogP contribution in [-0.2, 0) is 0 Å². The van der Waals surface area contributed by atoms with E-state index < -0.39 is 0 Å². The van der Waals surface area contributed by atoms with Crippen LogP contribution in [0.15, 0.2) is 42.5 Å². The number of benzene rings is 2. The largest absolute Gasteiger partial charge is 0.457 e. The summed E-state index contributed by atoms with van der Waals surface area (Å²) in [6.45, 7) is 0. The zero-order valence-corrected chi connectivity index (χ0v) is 9.65. The van der Waals surface area contributed by atoms with Crippen molar-refractivity contribution in [3.63, 3.8) is 0 Å². The van der Waals surface area contributed by atoms with Gasteiger partial charge in [0.2, 0.25) is 0 Å². The average Bonchev–Trinajstić information content (AvgIpc) is 2.34. The lowest BCUT2D eigenvalue weighted by Crippen LogP contribution is -1.91. The normalized spacial score (nSPS) is 9.94. The highest BCUT2D eigenvalue weighted by molar-refractivity contribution is 6.30. The lowest BCUT2D eigenvalue weighted by Gasteiger charge is -2.08. The van der Waals surface area contributed by atoms with E-state index in [1.165, 1.54) is 0 Å². The Hall–Kier alpha value is -2.00. The summed E-state index contributed by atoms with van der Waals surface area (Å²) >= 11 is 5.79. The lowest BCUT2D eigenvalue weighted by molar-refractivity contribution is 0.112. The Labute approximate surface area is 104 Å². The molecule has 2 aromatic rings. The Balaban J connectivity index is 2.29. The van der Waals surface area contributed by atoms with Crippen molar-refractivity contribution in [2.75, 3.05) is 5.73 Å². The number of hydrogen-bond donors (Lipinski definition) is 1. The maximum atomic E-state index is 10.9. The van der Waals surface area contributed by atoms with Crippen molar-refractivity contribution >= 4 is 23.6 Å². The van der Waals surface area contributed by atoms with Gasteiger partial charge in [0.05, 0.1) is 5.56 Å². The monoisotopic (exact) mass is 247 g/mol. The minimum atomic E-state index is 0.411. The Kier molecular flexibility index (Phi) is 3.30. The fourth-order valence-corrected chi connectivity index (χ4v) is 1.55. The SMILES string of the molecule is Nc1ccc(Oc2ccc(Cl)cc2C=O)cc1. The topological polar surface area (TPSA) is 52.3 Å². The van der Waals surface area contributed by atoms with Crippen molar-refractivity contribution in [3.05, 3.63) is 53.1 Å². The molecular weight excluding hydrogens is 238 g/mol. The van der Waals surface area contributed by atoms with Crippen molar-refractivity contribution in [1.82, 2.24) is 0 Å². The van der Waals surface area contributed by atoms with E-state index in [0.29, 0.717) is 34.1 Å². The third-order valence-corrected chi connectivity index (χ3v) is 2.44. The summed E-state index contributed by atoms with van der Waals surface area (Å²) in [7, 11) is 0. The van der Waals surface area contributed by atoms with Gasteiger partial charge < -0.3 is 10.5 Å². The summed E-state index contributed by atoms with van der Waals surface area (Å²) in [4.78, 5) is 10.9. The van der Waals surface area contributed by atoms with E-state index in [2.05, 4.69) is 0 Å². The average molecular weight is 248 g/mol. The second-order valence-electron chi connectivity index (χ2n) is 3.47. The molecule has 86 valence electrons. The molecule has 0 amide bonds. The van der Waals surface area contributed by atoms with Crippen molar-refractivity contribution < 1.29 is 9.53 Å². The number of hydrogen-bond acceptors (Lipinski definition) is 3. The van der Waals surface area contributed by atoms with Crippen molar-refractivity contribution in [3.8, 4) is 11.5 Å². The molecule has 4 heteroatoms. The molecule has 0 aliphatic heterocycles. The highest BCUT2D eigenvalue weighted by Gasteiger charge is 2.05. The fraction of sp³-hybridized carbons (Fsp3) is 0. The van der Waals surface area contributed by atoms with Crippen LogP contribution in [0.2, 0.25) is 5.02 Å². The van der Waals surface area contributed by atoms with Gasteiger partial charge >= 0.3 is 0 Å². The van der Waals surface area contributed by atoms with E-state index in [1.54, 1.807) is 42.5 Å². The molecule has 0 heterocycles. The molecule has 0 radical (unpaired) electrons. The predicted molar refractivity (Wildman–Crippen MR) is 67.8 cm³/mol. The van der Waals surface area contributed by atoms with E-state index in [9.17, 15) is 4.79 Å². The van der Waals surface area contributed by atoms with Crippen molar-refractivity contribution in [2.45, 2.75) is 0 Å². The van der Waals surface area contributed by atoms with Crippen molar-refractivity contribution in [2.24, 2.45) is 0 Å². The van der Waals surface area contributed by atoms with Gasteiger partial charge in [-0.3, -0.25) is 4.79 Å². The van der Waals surface area contributed by atoms with Gasteiger partial charge in [-0.15, -0.1) is 0 Å². The Morgan fingerprint density at radius 3 is 2.47 bits per heavy atom. The summed E-state index contributed by atoms with van der Waals surface area (Å²) in [6.07, 6.45) is 0.707. The highest BCUT2D eigenvalue weighted by Crippen LogP contribution is 2.27. The molecule has 2 rings (SSSR count). The van der Waals surface area contributed by atoms with Crippen LogP contribution in [0.25, 0.3) is 0 Å². The minimum absolute atomic E-state index is 0.411.